The number of ether oxygens (including phenoxy) is 1. The summed E-state index contributed by atoms with van der Waals surface area (Å²) in [7, 11) is 1.72. The van der Waals surface area contributed by atoms with Crippen molar-refractivity contribution in [1.29, 1.82) is 0 Å². The van der Waals surface area contributed by atoms with E-state index in [9.17, 15) is 0 Å². The summed E-state index contributed by atoms with van der Waals surface area (Å²) >= 11 is 4.84. The quantitative estimate of drug-likeness (QED) is 0.616. The van der Waals surface area contributed by atoms with E-state index in [0.717, 1.165) is 39.8 Å². The average molecular weight is 338 g/mol. The van der Waals surface area contributed by atoms with Crippen molar-refractivity contribution in [2.24, 2.45) is 0 Å². The van der Waals surface area contributed by atoms with Gasteiger partial charge in [-0.05, 0) is 29.6 Å². The van der Waals surface area contributed by atoms with E-state index < -0.39 is 0 Å². The highest BCUT2D eigenvalue weighted by molar-refractivity contribution is 8.00. The Balaban J connectivity index is 1.88. The monoisotopic (exact) mass is 338 g/mol. The first-order valence-electron chi connectivity index (χ1n) is 6.42. The van der Waals surface area contributed by atoms with Crippen LogP contribution in [0.15, 0.2) is 38.6 Å². The maximum Gasteiger partial charge on any atom is 0.198 e. The highest BCUT2D eigenvalue weighted by Gasteiger charge is 2.16. The lowest BCUT2D eigenvalue weighted by Gasteiger charge is -2.08. The molecule has 0 bridgehead atoms. The molecule has 5 nitrogen and oxygen atoms in total. The molecule has 3 aromatic heterocycles. The Morgan fingerprint density at radius 2 is 2.24 bits per heavy atom. The van der Waals surface area contributed by atoms with Crippen LogP contribution < -0.4 is 0 Å². The highest BCUT2D eigenvalue weighted by atomic mass is 32.2. The molecule has 3 aromatic rings. The summed E-state index contributed by atoms with van der Waals surface area (Å²) < 4.78 is 8.28. The van der Waals surface area contributed by atoms with Crippen LogP contribution in [0.1, 0.15) is 6.42 Å². The molecule has 0 unspecified atom stereocenters. The minimum absolute atomic E-state index is 0.726. The third-order valence-electron chi connectivity index (χ3n) is 2.78. The Kier molecular flexibility index (Phi) is 5.02. The highest BCUT2D eigenvalue weighted by Crippen LogP contribution is 2.32. The molecule has 0 fully saturated rings. The number of thiazole rings is 1. The normalized spacial score (nSPS) is 11.1. The fraction of sp³-hybridized carbons (Fsp3) is 0.308. The van der Waals surface area contributed by atoms with Gasteiger partial charge in [-0.25, -0.2) is 4.98 Å². The van der Waals surface area contributed by atoms with Crippen LogP contribution in [0.3, 0.4) is 0 Å². The van der Waals surface area contributed by atoms with Crippen molar-refractivity contribution in [2.45, 2.75) is 22.5 Å². The molecule has 0 N–H and O–H groups in total. The topological polar surface area (TPSA) is 52.8 Å². The number of thiophene rings is 1. The van der Waals surface area contributed by atoms with E-state index in [2.05, 4.69) is 31.2 Å². The van der Waals surface area contributed by atoms with Crippen LogP contribution >= 0.6 is 34.4 Å². The van der Waals surface area contributed by atoms with Crippen molar-refractivity contribution < 1.29 is 4.74 Å². The van der Waals surface area contributed by atoms with Crippen LogP contribution in [-0.2, 0) is 11.3 Å². The van der Waals surface area contributed by atoms with Gasteiger partial charge in [-0.3, -0.25) is 0 Å². The number of hydrogen-bond acceptors (Lipinski definition) is 7. The maximum absolute atomic E-state index is 5.15. The molecule has 8 heteroatoms. The zero-order valence-corrected chi connectivity index (χ0v) is 13.9. The van der Waals surface area contributed by atoms with Gasteiger partial charge < -0.3 is 9.30 Å². The Hall–Kier alpha value is -1.22. The molecule has 0 saturated heterocycles. The molecule has 0 amide bonds. The van der Waals surface area contributed by atoms with E-state index >= 15 is 0 Å². The van der Waals surface area contributed by atoms with Gasteiger partial charge in [0.1, 0.15) is 0 Å². The first kappa shape index (κ1) is 14.7. The third kappa shape index (κ3) is 3.52. The van der Waals surface area contributed by atoms with Crippen molar-refractivity contribution in [1.82, 2.24) is 19.7 Å². The van der Waals surface area contributed by atoms with Gasteiger partial charge in [0.15, 0.2) is 15.3 Å². The van der Waals surface area contributed by atoms with Gasteiger partial charge in [0.25, 0.3) is 0 Å². The number of hydrogen-bond donors (Lipinski definition) is 0. The molecule has 3 rings (SSSR count). The lowest BCUT2D eigenvalue weighted by molar-refractivity contribution is 0.189. The molecule has 0 spiro atoms. The molecule has 0 aromatic carbocycles. The Morgan fingerprint density at radius 3 is 2.95 bits per heavy atom. The van der Waals surface area contributed by atoms with Crippen LogP contribution in [0.5, 0.6) is 0 Å². The fourth-order valence-corrected chi connectivity index (χ4v) is 4.16. The van der Waals surface area contributed by atoms with Crippen molar-refractivity contribution >= 4 is 34.4 Å². The van der Waals surface area contributed by atoms with E-state index in [0.29, 0.717) is 0 Å². The number of nitrogens with zero attached hydrogens (tertiary/aromatic N) is 4. The summed E-state index contributed by atoms with van der Waals surface area (Å²) in [6.45, 7) is 1.56. The number of aromatic nitrogens is 4. The number of rotatable bonds is 7. The maximum atomic E-state index is 5.15. The lowest BCUT2D eigenvalue weighted by Crippen LogP contribution is -2.04. The number of methoxy groups -OCH3 is 1. The van der Waals surface area contributed by atoms with Crippen molar-refractivity contribution in [3.63, 3.8) is 0 Å². The Labute approximate surface area is 135 Å². The second kappa shape index (κ2) is 7.17. The molecule has 0 radical (unpaired) electrons. The molecular formula is C13H14N4OS3. The average Bonchev–Trinajstić information content (AvgIpc) is 3.21. The summed E-state index contributed by atoms with van der Waals surface area (Å²) in [5, 5.41) is 13.6. The molecule has 21 heavy (non-hydrogen) atoms. The molecule has 0 aliphatic carbocycles. The van der Waals surface area contributed by atoms with E-state index in [1.54, 1.807) is 47.7 Å². The van der Waals surface area contributed by atoms with Crippen LogP contribution in [0.2, 0.25) is 0 Å². The predicted octanol–water partition coefficient (Wildman–Crippen LogP) is 3.65. The molecule has 0 aliphatic heterocycles. The standard InChI is InChI=1S/C13H14N4OS3/c1-18-7-3-6-17-11(10-4-2-8-19-10)15-16-12(17)21-13-14-5-9-20-13/h2,4-5,8-9H,3,6-7H2,1H3. The van der Waals surface area contributed by atoms with Crippen LogP contribution in [0.4, 0.5) is 0 Å². The summed E-state index contributed by atoms with van der Waals surface area (Å²) in [6, 6.07) is 4.10. The van der Waals surface area contributed by atoms with E-state index in [1.165, 1.54) is 0 Å². The van der Waals surface area contributed by atoms with Gasteiger partial charge >= 0.3 is 0 Å². The summed E-state index contributed by atoms with van der Waals surface area (Å²) in [4.78, 5) is 5.43. The van der Waals surface area contributed by atoms with Gasteiger partial charge in [-0.15, -0.1) is 32.9 Å². The predicted molar refractivity (Wildman–Crippen MR) is 86.1 cm³/mol. The zero-order chi connectivity index (χ0) is 14.5. The largest absolute Gasteiger partial charge is 0.385 e. The van der Waals surface area contributed by atoms with E-state index in [1.807, 2.05) is 11.4 Å². The smallest absolute Gasteiger partial charge is 0.198 e. The van der Waals surface area contributed by atoms with Crippen molar-refractivity contribution in [3.05, 3.63) is 29.1 Å². The molecule has 0 saturated carbocycles. The van der Waals surface area contributed by atoms with Crippen LogP contribution in [0.25, 0.3) is 10.7 Å². The summed E-state index contributed by atoms with van der Waals surface area (Å²) in [5.74, 6) is 0.917. The van der Waals surface area contributed by atoms with Gasteiger partial charge in [0.2, 0.25) is 0 Å². The lowest BCUT2D eigenvalue weighted by atomic mass is 10.4. The Bertz CT molecular complexity index is 664. The minimum Gasteiger partial charge on any atom is -0.385 e. The van der Waals surface area contributed by atoms with Gasteiger partial charge in [0, 0.05) is 31.8 Å². The van der Waals surface area contributed by atoms with Gasteiger partial charge in [-0.1, -0.05) is 6.07 Å². The third-order valence-corrected chi connectivity index (χ3v) is 5.51. The molecule has 0 atom stereocenters. The second-order valence-electron chi connectivity index (χ2n) is 4.18. The Morgan fingerprint density at radius 1 is 1.29 bits per heavy atom. The van der Waals surface area contributed by atoms with Crippen LogP contribution in [0, 0.1) is 0 Å². The van der Waals surface area contributed by atoms with Crippen molar-refractivity contribution in [2.75, 3.05) is 13.7 Å². The SMILES string of the molecule is COCCCn1c(Sc2nccs2)nnc1-c1cccs1. The molecule has 3 heterocycles. The van der Waals surface area contributed by atoms with Gasteiger partial charge in [-0.2, -0.15) is 0 Å². The van der Waals surface area contributed by atoms with Crippen molar-refractivity contribution in [3.8, 4) is 10.7 Å². The van der Waals surface area contributed by atoms with E-state index in [-0.39, 0.29) is 0 Å². The summed E-state index contributed by atoms with van der Waals surface area (Å²) in [6.07, 6.45) is 2.73. The van der Waals surface area contributed by atoms with Gasteiger partial charge in [0.05, 0.1) is 4.88 Å². The first-order chi connectivity index (χ1) is 10.4. The molecule has 110 valence electrons. The van der Waals surface area contributed by atoms with E-state index in [4.69, 9.17) is 4.74 Å². The second-order valence-corrected chi connectivity index (χ2v) is 7.24. The molecular weight excluding hydrogens is 324 g/mol. The summed E-state index contributed by atoms with van der Waals surface area (Å²) in [5.41, 5.74) is 0. The molecule has 0 aliphatic rings. The van der Waals surface area contributed by atoms with Crippen LogP contribution in [-0.4, -0.2) is 33.5 Å². The minimum atomic E-state index is 0.726. The fourth-order valence-electron chi connectivity index (χ4n) is 1.86. The first-order valence-corrected chi connectivity index (χ1v) is 8.99. The zero-order valence-electron chi connectivity index (χ0n) is 11.4.